The normalized spacial score (nSPS) is 13.1. The highest BCUT2D eigenvalue weighted by Gasteiger charge is 2.16. The molecule has 7 nitrogen and oxygen atoms in total. The molecule has 0 aromatic carbocycles. The van der Waals surface area contributed by atoms with Crippen LogP contribution < -0.4 is 10.6 Å². The van der Waals surface area contributed by atoms with E-state index in [0.717, 1.165) is 29.8 Å². The first-order chi connectivity index (χ1) is 9.99. The Morgan fingerprint density at radius 1 is 1.29 bits per heavy atom. The number of hydrogen-bond acceptors (Lipinski definition) is 6. The molecule has 0 saturated carbocycles. The van der Waals surface area contributed by atoms with Crippen molar-refractivity contribution in [3.8, 4) is 0 Å². The van der Waals surface area contributed by atoms with Crippen LogP contribution in [0.1, 0.15) is 20.3 Å². The fraction of sp³-hybridized carbons (Fsp3) is 0.643. The first-order valence-corrected chi connectivity index (χ1v) is 7.29. The number of aromatic nitrogens is 4. The fourth-order valence-electron chi connectivity index (χ4n) is 2.44. The number of hydrogen-bond donors (Lipinski definition) is 3. The number of aromatic amines is 1. The van der Waals surface area contributed by atoms with Crippen LogP contribution in [0.3, 0.4) is 0 Å². The minimum Gasteiger partial charge on any atom is -0.365 e. The van der Waals surface area contributed by atoms with Crippen molar-refractivity contribution in [1.82, 2.24) is 25.1 Å². The van der Waals surface area contributed by atoms with Crippen molar-refractivity contribution in [2.75, 3.05) is 38.3 Å². The Morgan fingerprint density at radius 2 is 2.05 bits per heavy atom. The first-order valence-electron chi connectivity index (χ1n) is 7.29. The summed E-state index contributed by atoms with van der Waals surface area (Å²) < 4.78 is 0. The van der Waals surface area contributed by atoms with Crippen LogP contribution in [-0.4, -0.2) is 58.8 Å². The Balaban J connectivity index is 2.28. The number of nitrogens with one attached hydrogen (secondary N) is 3. The van der Waals surface area contributed by atoms with E-state index in [1.165, 1.54) is 0 Å². The molecule has 21 heavy (non-hydrogen) atoms. The van der Waals surface area contributed by atoms with Crippen molar-refractivity contribution in [1.29, 1.82) is 0 Å². The van der Waals surface area contributed by atoms with Crippen molar-refractivity contribution in [3.05, 3.63) is 6.20 Å². The molecule has 0 spiro atoms. The molecule has 0 aliphatic heterocycles. The van der Waals surface area contributed by atoms with Gasteiger partial charge in [0.25, 0.3) is 0 Å². The average Bonchev–Trinajstić information content (AvgIpc) is 2.85. The molecule has 3 N–H and O–H groups in total. The molecule has 2 aromatic rings. The van der Waals surface area contributed by atoms with E-state index in [9.17, 15) is 0 Å². The predicted molar refractivity (Wildman–Crippen MR) is 86.7 cm³/mol. The second-order valence-corrected chi connectivity index (χ2v) is 6.01. The van der Waals surface area contributed by atoms with Gasteiger partial charge in [-0.1, -0.05) is 13.8 Å². The number of anilines is 2. The minimum absolute atomic E-state index is 0.331. The van der Waals surface area contributed by atoms with E-state index in [0.29, 0.717) is 17.9 Å². The predicted octanol–water partition coefficient (Wildman–Crippen LogP) is 1.78. The highest BCUT2D eigenvalue weighted by molar-refractivity contribution is 5.87. The number of rotatable bonds is 7. The van der Waals surface area contributed by atoms with Gasteiger partial charge in [0.1, 0.15) is 5.82 Å². The van der Waals surface area contributed by atoms with Gasteiger partial charge in [0.2, 0.25) is 5.95 Å². The lowest BCUT2D eigenvalue weighted by Gasteiger charge is -2.24. The highest BCUT2D eigenvalue weighted by atomic mass is 15.2. The van der Waals surface area contributed by atoms with Crippen LogP contribution in [0, 0.1) is 5.92 Å². The summed E-state index contributed by atoms with van der Waals surface area (Å²) >= 11 is 0. The Bertz CT molecular complexity index is 566. The monoisotopic (exact) mass is 291 g/mol. The van der Waals surface area contributed by atoms with Crippen LogP contribution in [0.4, 0.5) is 11.8 Å². The quantitative estimate of drug-likeness (QED) is 0.721. The maximum absolute atomic E-state index is 4.53. The summed E-state index contributed by atoms with van der Waals surface area (Å²) in [6.45, 7) is 5.42. The van der Waals surface area contributed by atoms with Gasteiger partial charge < -0.3 is 15.5 Å². The van der Waals surface area contributed by atoms with Gasteiger partial charge in [-0.3, -0.25) is 5.10 Å². The molecule has 116 valence electrons. The van der Waals surface area contributed by atoms with Crippen LogP contribution in [0.2, 0.25) is 0 Å². The Morgan fingerprint density at radius 3 is 2.67 bits per heavy atom. The van der Waals surface area contributed by atoms with Gasteiger partial charge in [0, 0.05) is 19.6 Å². The summed E-state index contributed by atoms with van der Waals surface area (Å²) in [6.07, 6.45) is 2.84. The standard InChI is InChI=1S/C14H25N7/c1-9(2)6-10(8-21(4)5)17-12-11-7-16-20-13(11)19-14(15-3)18-12/h7,9-10H,6,8H2,1-5H3,(H3,15,16,17,18,19,20). The molecule has 2 aromatic heterocycles. The van der Waals surface area contributed by atoms with E-state index in [4.69, 9.17) is 0 Å². The molecule has 0 amide bonds. The van der Waals surface area contributed by atoms with Crippen LogP contribution in [-0.2, 0) is 0 Å². The Kier molecular flexibility index (Phi) is 4.95. The molecule has 0 saturated heterocycles. The fourth-order valence-corrected chi connectivity index (χ4v) is 2.44. The van der Waals surface area contributed by atoms with E-state index >= 15 is 0 Å². The number of H-pyrrole nitrogens is 1. The molecule has 0 aliphatic rings. The molecule has 0 radical (unpaired) electrons. The smallest absolute Gasteiger partial charge is 0.226 e. The second-order valence-electron chi connectivity index (χ2n) is 6.01. The van der Waals surface area contributed by atoms with E-state index in [1.54, 1.807) is 6.20 Å². The van der Waals surface area contributed by atoms with Crippen molar-refractivity contribution < 1.29 is 0 Å². The van der Waals surface area contributed by atoms with Crippen LogP contribution >= 0.6 is 0 Å². The Hall–Kier alpha value is -1.89. The summed E-state index contributed by atoms with van der Waals surface area (Å²) in [5.74, 6) is 2.03. The maximum Gasteiger partial charge on any atom is 0.226 e. The largest absolute Gasteiger partial charge is 0.365 e. The van der Waals surface area contributed by atoms with Gasteiger partial charge in [-0.2, -0.15) is 15.1 Å². The lowest BCUT2D eigenvalue weighted by Crippen LogP contribution is -2.34. The molecule has 2 rings (SSSR count). The lowest BCUT2D eigenvalue weighted by atomic mass is 10.0. The van der Waals surface area contributed by atoms with Crippen molar-refractivity contribution in [2.45, 2.75) is 26.3 Å². The molecule has 1 atom stereocenters. The van der Waals surface area contributed by atoms with E-state index in [2.05, 4.69) is 63.6 Å². The summed E-state index contributed by atoms with van der Waals surface area (Å²) in [5, 5.41) is 14.4. The third kappa shape index (κ3) is 4.04. The van der Waals surface area contributed by atoms with Crippen molar-refractivity contribution in [3.63, 3.8) is 0 Å². The lowest BCUT2D eigenvalue weighted by molar-refractivity contribution is 0.356. The summed E-state index contributed by atoms with van der Waals surface area (Å²) in [7, 11) is 5.98. The molecule has 1 unspecified atom stereocenters. The average molecular weight is 291 g/mol. The molecule has 0 fully saturated rings. The van der Waals surface area contributed by atoms with Crippen LogP contribution in [0.15, 0.2) is 6.20 Å². The van der Waals surface area contributed by atoms with Crippen molar-refractivity contribution >= 4 is 22.8 Å². The molecule has 7 heteroatoms. The van der Waals surface area contributed by atoms with Gasteiger partial charge >= 0.3 is 0 Å². The van der Waals surface area contributed by atoms with E-state index in [1.807, 2.05) is 7.05 Å². The van der Waals surface area contributed by atoms with Crippen LogP contribution in [0.25, 0.3) is 11.0 Å². The summed E-state index contributed by atoms with van der Waals surface area (Å²) in [5.41, 5.74) is 0.741. The molecular formula is C14H25N7. The summed E-state index contributed by atoms with van der Waals surface area (Å²) in [4.78, 5) is 11.1. The molecule has 0 bridgehead atoms. The number of likely N-dealkylation sites (N-methyl/N-ethyl adjacent to an activating group) is 1. The van der Waals surface area contributed by atoms with Gasteiger partial charge in [0.05, 0.1) is 11.6 Å². The molecule has 0 aliphatic carbocycles. The summed E-state index contributed by atoms with van der Waals surface area (Å²) in [6, 6.07) is 0.331. The Labute approximate surface area is 125 Å². The second kappa shape index (κ2) is 6.71. The highest BCUT2D eigenvalue weighted by Crippen LogP contribution is 2.22. The topological polar surface area (TPSA) is 81.8 Å². The number of nitrogens with zero attached hydrogens (tertiary/aromatic N) is 4. The van der Waals surface area contributed by atoms with Gasteiger partial charge in [-0.05, 0) is 26.4 Å². The SMILES string of the molecule is CNc1nc(NC(CC(C)C)CN(C)C)c2cn[nH]c2n1. The zero-order chi connectivity index (χ0) is 15.4. The van der Waals surface area contributed by atoms with Gasteiger partial charge in [0.15, 0.2) is 5.65 Å². The zero-order valence-corrected chi connectivity index (χ0v) is 13.4. The van der Waals surface area contributed by atoms with Crippen LogP contribution in [0.5, 0.6) is 0 Å². The minimum atomic E-state index is 0.331. The van der Waals surface area contributed by atoms with Gasteiger partial charge in [-0.25, -0.2) is 0 Å². The third-order valence-electron chi connectivity index (χ3n) is 3.22. The number of fused-ring (bicyclic) bond motifs is 1. The molecule has 2 heterocycles. The zero-order valence-electron chi connectivity index (χ0n) is 13.4. The third-order valence-corrected chi connectivity index (χ3v) is 3.22. The van der Waals surface area contributed by atoms with Crippen molar-refractivity contribution in [2.24, 2.45) is 5.92 Å². The maximum atomic E-state index is 4.53. The van der Waals surface area contributed by atoms with E-state index in [-0.39, 0.29) is 0 Å². The van der Waals surface area contributed by atoms with Gasteiger partial charge in [-0.15, -0.1) is 0 Å². The first kappa shape index (κ1) is 15.5. The molecular weight excluding hydrogens is 266 g/mol. The van der Waals surface area contributed by atoms with E-state index < -0.39 is 0 Å².